The Hall–Kier alpha value is -1.25. The Morgan fingerprint density at radius 3 is 2.78 bits per heavy atom. The summed E-state index contributed by atoms with van der Waals surface area (Å²) in [6.07, 6.45) is 0. The van der Waals surface area contributed by atoms with E-state index in [2.05, 4.69) is 0 Å². The van der Waals surface area contributed by atoms with Gasteiger partial charge in [-0.2, -0.15) is 5.26 Å². The highest BCUT2D eigenvalue weighted by molar-refractivity contribution is 7.92. The van der Waals surface area contributed by atoms with Crippen LogP contribution in [-0.2, 0) is 9.84 Å². The van der Waals surface area contributed by atoms with Crippen LogP contribution in [0.15, 0.2) is 18.2 Å². The first-order valence-electron chi connectivity index (χ1n) is 5.60. The van der Waals surface area contributed by atoms with Gasteiger partial charge in [0, 0.05) is 18.8 Å². The van der Waals surface area contributed by atoms with Gasteiger partial charge in [-0.3, -0.25) is 0 Å². The van der Waals surface area contributed by atoms with Gasteiger partial charge in [0.25, 0.3) is 0 Å². The van der Waals surface area contributed by atoms with Crippen molar-refractivity contribution >= 4 is 27.1 Å². The lowest BCUT2D eigenvalue weighted by molar-refractivity contribution is 0.569. The maximum atomic E-state index is 11.6. The molecule has 4 nitrogen and oxygen atoms in total. The highest BCUT2D eigenvalue weighted by Crippen LogP contribution is 2.25. The normalized spacial score (nSPS) is 22.5. The van der Waals surface area contributed by atoms with E-state index >= 15 is 0 Å². The number of hydrogen-bond acceptors (Lipinski definition) is 4. The predicted octanol–water partition coefficient (Wildman–Crippen LogP) is 1.83. The van der Waals surface area contributed by atoms with Crippen molar-refractivity contribution < 1.29 is 8.42 Å². The average molecular weight is 285 g/mol. The molecule has 0 amide bonds. The third kappa shape index (κ3) is 2.45. The maximum absolute atomic E-state index is 11.6. The molecule has 0 N–H and O–H groups in total. The molecule has 18 heavy (non-hydrogen) atoms. The molecule has 1 aliphatic heterocycles. The van der Waals surface area contributed by atoms with E-state index < -0.39 is 9.84 Å². The number of hydrogen-bond donors (Lipinski definition) is 0. The average Bonchev–Trinajstić information content (AvgIpc) is 2.32. The lowest BCUT2D eigenvalue weighted by atomic mass is 10.2. The number of sulfone groups is 1. The van der Waals surface area contributed by atoms with E-state index in [1.165, 1.54) is 0 Å². The number of rotatable bonds is 1. The molecule has 0 saturated carbocycles. The van der Waals surface area contributed by atoms with E-state index in [0.717, 1.165) is 5.69 Å². The van der Waals surface area contributed by atoms with Crippen molar-refractivity contribution in [3.63, 3.8) is 0 Å². The number of nitriles is 1. The second kappa shape index (κ2) is 4.79. The van der Waals surface area contributed by atoms with Gasteiger partial charge in [0.15, 0.2) is 9.84 Å². The largest absolute Gasteiger partial charge is 0.369 e. The first kappa shape index (κ1) is 13.2. The Morgan fingerprint density at radius 1 is 1.50 bits per heavy atom. The van der Waals surface area contributed by atoms with Crippen molar-refractivity contribution in [3.05, 3.63) is 28.8 Å². The Morgan fingerprint density at radius 2 is 2.22 bits per heavy atom. The first-order valence-corrected chi connectivity index (χ1v) is 7.69. The number of benzene rings is 1. The molecule has 1 heterocycles. The van der Waals surface area contributed by atoms with Crippen LogP contribution >= 0.6 is 11.6 Å². The van der Waals surface area contributed by atoms with Crippen LogP contribution in [-0.4, -0.2) is 32.5 Å². The second-order valence-corrected chi connectivity index (χ2v) is 7.35. The fourth-order valence-electron chi connectivity index (χ4n) is 1.98. The molecule has 1 aromatic rings. The van der Waals surface area contributed by atoms with Crippen molar-refractivity contribution in [2.24, 2.45) is 0 Å². The zero-order chi connectivity index (χ0) is 13.3. The molecule has 0 bridgehead atoms. The van der Waals surface area contributed by atoms with Gasteiger partial charge in [0.2, 0.25) is 0 Å². The van der Waals surface area contributed by atoms with Crippen LogP contribution in [0.4, 0.5) is 5.69 Å². The summed E-state index contributed by atoms with van der Waals surface area (Å²) >= 11 is 5.97. The number of halogens is 1. The molecule has 0 radical (unpaired) electrons. The molecule has 1 atom stereocenters. The van der Waals surface area contributed by atoms with Crippen LogP contribution in [0.2, 0.25) is 5.02 Å². The van der Waals surface area contributed by atoms with Gasteiger partial charge in [-0.05, 0) is 25.1 Å². The summed E-state index contributed by atoms with van der Waals surface area (Å²) in [4.78, 5) is 1.98. The minimum Gasteiger partial charge on any atom is -0.369 e. The first-order chi connectivity index (χ1) is 8.44. The Labute approximate surface area is 112 Å². The number of anilines is 1. The van der Waals surface area contributed by atoms with E-state index in [-0.39, 0.29) is 11.0 Å². The summed E-state index contributed by atoms with van der Waals surface area (Å²) in [5, 5.41) is 8.83. The third-order valence-corrected chi connectivity index (χ3v) is 5.61. The molecule has 1 unspecified atom stereocenters. The molecule has 2 rings (SSSR count). The standard InChI is InChI=1S/C12H13ClN2O2S/c1-9-8-15(4-5-18(9,16)17)11-3-2-10(7-14)12(13)6-11/h2-3,6,9H,4-5,8H2,1H3. The minimum absolute atomic E-state index is 0.159. The second-order valence-electron chi connectivity index (χ2n) is 4.40. The fraction of sp³-hybridized carbons (Fsp3) is 0.417. The van der Waals surface area contributed by atoms with E-state index in [1.807, 2.05) is 11.0 Å². The number of nitrogens with zero attached hydrogens (tertiary/aromatic N) is 2. The highest BCUT2D eigenvalue weighted by Gasteiger charge is 2.29. The van der Waals surface area contributed by atoms with Gasteiger partial charge in [0.05, 0.1) is 21.6 Å². The molecule has 1 saturated heterocycles. The van der Waals surface area contributed by atoms with Crippen molar-refractivity contribution in [1.29, 1.82) is 5.26 Å². The molecule has 1 aromatic carbocycles. The molecular formula is C12H13ClN2O2S. The van der Waals surface area contributed by atoms with Gasteiger partial charge in [0.1, 0.15) is 6.07 Å². The van der Waals surface area contributed by atoms with E-state index in [1.54, 1.807) is 25.1 Å². The van der Waals surface area contributed by atoms with E-state index in [9.17, 15) is 8.42 Å². The molecule has 0 spiro atoms. The molecule has 6 heteroatoms. The summed E-state index contributed by atoms with van der Waals surface area (Å²) < 4.78 is 23.3. The molecule has 0 aliphatic carbocycles. The van der Waals surface area contributed by atoms with Crippen LogP contribution in [0.3, 0.4) is 0 Å². The Kier molecular flexibility index (Phi) is 3.51. The van der Waals surface area contributed by atoms with Crippen molar-refractivity contribution in [3.8, 4) is 6.07 Å². The minimum atomic E-state index is -2.95. The lowest BCUT2D eigenvalue weighted by Gasteiger charge is -2.32. The van der Waals surface area contributed by atoms with E-state index in [0.29, 0.717) is 23.7 Å². The molecular weight excluding hydrogens is 272 g/mol. The van der Waals surface area contributed by atoms with Gasteiger partial charge < -0.3 is 4.90 Å². The third-order valence-electron chi connectivity index (χ3n) is 3.17. The van der Waals surface area contributed by atoms with Gasteiger partial charge in [-0.25, -0.2) is 8.42 Å². The van der Waals surface area contributed by atoms with Crippen LogP contribution in [0, 0.1) is 11.3 Å². The summed E-state index contributed by atoms with van der Waals surface area (Å²) in [6.45, 7) is 2.65. The van der Waals surface area contributed by atoms with Gasteiger partial charge in [-0.1, -0.05) is 11.6 Å². The van der Waals surface area contributed by atoms with Crippen LogP contribution in [0.25, 0.3) is 0 Å². The molecule has 1 aliphatic rings. The summed E-state index contributed by atoms with van der Waals surface area (Å²) in [5.74, 6) is 0.159. The molecule has 0 aromatic heterocycles. The Balaban J connectivity index is 2.24. The van der Waals surface area contributed by atoms with Crippen molar-refractivity contribution in [2.75, 3.05) is 23.7 Å². The smallest absolute Gasteiger partial charge is 0.156 e. The lowest BCUT2D eigenvalue weighted by Crippen LogP contribution is -2.45. The zero-order valence-electron chi connectivity index (χ0n) is 9.93. The SMILES string of the molecule is CC1CN(c2ccc(C#N)c(Cl)c2)CCS1(=O)=O. The monoisotopic (exact) mass is 284 g/mol. The highest BCUT2D eigenvalue weighted by atomic mass is 35.5. The van der Waals surface area contributed by atoms with Crippen LogP contribution < -0.4 is 4.90 Å². The molecule has 96 valence electrons. The maximum Gasteiger partial charge on any atom is 0.156 e. The summed E-state index contributed by atoms with van der Waals surface area (Å²) in [7, 11) is -2.95. The quantitative estimate of drug-likeness (QED) is 0.789. The van der Waals surface area contributed by atoms with Gasteiger partial charge >= 0.3 is 0 Å². The predicted molar refractivity (Wildman–Crippen MR) is 71.6 cm³/mol. The topological polar surface area (TPSA) is 61.2 Å². The van der Waals surface area contributed by atoms with E-state index in [4.69, 9.17) is 16.9 Å². The van der Waals surface area contributed by atoms with Crippen LogP contribution in [0.1, 0.15) is 12.5 Å². The Bertz CT molecular complexity index is 607. The fourth-order valence-corrected chi connectivity index (χ4v) is 3.48. The van der Waals surface area contributed by atoms with Gasteiger partial charge in [-0.15, -0.1) is 0 Å². The molecule has 1 fully saturated rings. The van der Waals surface area contributed by atoms with Crippen molar-refractivity contribution in [2.45, 2.75) is 12.2 Å². The van der Waals surface area contributed by atoms with Crippen LogP contribution in [0.5, 0.6) is 0 Å². The summed E-state index contributed by atoms with van der Waals surface area (Å²) in [6, 6.07) is 7.17. The summed E-state index contributed by atoms with van der Waals surface area (Å²) in [5.41, 5.74) is 1.29. The van der Waals surface area contributed by atoms with Crippen molar-refractivity contribution in [1.82, 2.24) is 0 Å². The zero-order valence-corrected chi connectivity index (χ0v) is 11.5.